The monoisotopic (exact) mass is 331 g/mol. The van der Waals surface area contributed by atoms with Crippen LogP contribution in [0.2, 0.25) is 5.02 Å². The molecule has 2 aromatic rings. The lowest BCUT2D eigenvalue weighted by Gasteiger charge is -2.05. The molecule has 0 saturated heterocycles. The fourth-order valence-corrected chi connectivity index (χ4v) is 2.18. The lowest BCUT2D eigenvalue weighted by molar-refractivity contribution is 0.140. The van der Waals surface area contributed by atoms with Crippen LogP contribution in [-0.4, -0.2) is 17.7 Å². The summed E-state index contributed by atoms with van der Waals surface area (Å²) >= 11 is 5.85. The first-order valence-electron chi connectivity index (χ1n) is 7.24. The lowest BCUT2D eigenvalue weighted by atomic mass is 10.2. The molecular weight excluding hydrogens is 314 g/mol. The van der Waals surface area contributed by atoms with Crippen molar-refractivity contribution in [2.75, 3.05) is 6.54 Å². The molecule has 0 aliphatic carbocycles. The molecule has 0 bridgehead atoms. The van der Waals surface area contributed by atoms with Crippen molar-refractivity contribution in [3.63, 3.8) is 0 Å². The second-order valence-corrected chi connectivity index (χ2v) is 5.36. The van der Waals surface area contributed by atoms with E-state index in [1.165, 1.54) is 6.07 Å². The number of benzene rings is 2. The molecule has 0 atom stereocenters. The van der Waals surface area contributed by atoms with Crippen LogP contribution in [0.5, 0.6) is 5.75 Å². The zero-order valence-electron chi connectivity index (χ0n) is 12.5. The van der Waals surface area contributed by atoms with Gasteiger partial charge in [-0.3, -0.25) is 0 Å². The standard InChI is InChI=1S/C18H18ClNO3/c19-16-10-15(11-17(21)12-16)8-4-5-9-20-18(22)23-13-14-6-2-1-3-7-14/h1-4,6-8,10-12,21H,5,9,13H2,(H,20,22). The van der Waals surface area contributed by atoms with E-state index in [2.05, 4.69) is 5.32 Å². The van der Waals surface area contributed by atoms with Crippen molar-refractivity contribution in [2.45, 2.75) is 13.0 Å². The minimum atomic E-state index is -0.442. The highest BCUT2D eigenvalue weighted by atomic mass is 35.5. The number of hydrogen-bond acceptors (Lipinski definition) is 3. The molecule has 4 nitrogen and oxygen atoms in total. The molecule has 2 aromatic carbocycles. The topological polar surface area (TPSA) is 58.6 Å². The van der Waals surface area contributed by atoms with Crippen LogP contribution in [0.3, 0.4) is 0 Å². The van der Waals surface area contributed by atoms with Crippen LogP contribution in [0.15, 0.2) is 54.6 Å². The molecule has 120 valence electrons. The molecular formula is C18H18ClNO3. The predicted octanol–water partition coefficient (Wildman–Crippen LogP) is 4.38. The summed E-state index contributed by atoms with van der Waals surface area (Å²) in [6, 6.07) is 14.3. The minimum Gasteiger partial charge on any atom is -0.508 e. The van der Waals surface area contributed by atoms with Crippen LogP contribution >= 0.6 is 11.6 Å². The Bertz CT molecular complexity index is 651. The van der Waals surface area contributed by atoms with E-state index in [4.69, 9.17) is 16.3 Å². The normalized spacial score (nSPS) is 10.7. The van der Waals surface area contributed by atoms with Gasteiger partial charge in [0.15, 0.2) is 0 Å². The SMILES string of the molecule is O=C(NCCC=Cc1cc(O)cc(Cl)c1)OCc1ccccc1. The second kappa shape index (κ2) is 8.86. The first kappa shape index (κ1) is 16.9. The Kier molecular flexibility index (Phi) is 6.51. The molecule has 2 N–H and O–H groups in total. The van der Waals surface area contributed by atoms with Gasteiger partial charge in [0, 0.05) is 11.6 Å². The smallest absolute Gasteiger partial charge is 0.407 e. The quantitative estimate of drug-likeness (QED) is 0.772. The van der Waals surface area contributed by atoms with Crippen LogP contribution in [0.25, 0.3) is 6.08 Å². The van der Waals surface area contributed by atoms with Crippen molar-refractivity contribution < 1.29 is 14.6 Å². The van der Waals surface area contributed by atoms with Gasteiger partial charge < -0.3 is 15.2 Å². The fourth-order valence-electron chi connectivity index (χ4n) is 1.94. The number of rotatable bonds is 6. The zero-order chi connectivity index (χ0) is 16.5. The largest absolute Gasteiger partial charge is 0.508 e. The molecule has 0 unspecified atom stereocenters. The molecule has 0 aliphatic heterocycles. The van der Waals surface area contributed by atoms with Crippen molar-refractivity contribution in [2.24, 2.45) is 0 Å². The number of halogens is 1. The summed E-state index contributed by atoms with van der Waals surface area (Å²) in [5, 5.41) is 12.6. The molecule has 0 spiro atoms. The molecule has 0 aromatic heterocycles. The van der Waals surface area contributed by atoms with Gasteiger partial charge in [0.05, 0.1) is 0 Å². The Morgan fingerprint density at radius 3 is 2.74 bits per heavy atom. The summed E-state index contributed by atoms with van der Waals surface area (Å²) in [5.74, 6) is 0.125. The van der Waals surface area contributed by atoms with E-state index in [1.807, 2.05) is 42.5 Å². The molecule has 0 radical (unpaired) electrons. The van der Waals surface area contributed by atoms with E-state index in [1.54, 1.807) is 12.1 Å². The highest BCUT2D eigenvalue weighted by Gasteiger charge is 2.00. The minimum absolute atomic E-state index is 0.125. The van der Waals surface area contributed by atoms with Gasteiger partial charge >= 0.3 is 6.09 Å². The summed E-state index contributed by atoms with van der Waals surface area (Å²) in [6.07, 6.45) is 3.93. The number of aromatic hydroxyl groups is 1. The van der Waals surface area contributed by atoms with Crippen LogP contribution < -0.4 is 5.32 Å². The van der Waals surface area contributed by atoms with Gasteiger partial charge in [-0.15, -0.1) is 0 Å². The molecule has 2 rings (SSSR count). The van der Waals surface area contributed by atoms with Crippen molar-refractivity contribution in [3.8, 4) is 5.75 Å². The predicted molar refractivity (Wildman–Crippen MR) is 91.4 cm³/mol. The number of ether oxygens (including phenoxy) is 1. The molecule has 0 heterocycles. The Morgan fingerprint density at radius 2 is 2.00 bits per heavy atom. The third-order valence-electron chi connectivity index (χ3n) is 3.01. The second-order valence-electron chi connectivity index (χ2n) is 4.92. The highest BCUT2D eigenvalue weighted by Crippen LogP contribution is 2.20. The average molecular weight is 332 g/mol. The Labute approximate surface area is 140 Å². The first-order valence-corrected chi connectivity index (χ1v) is 7.62. The molecule has 23 heavy (non-hydrogen) atoms. The van der Waals surface area contributed by atoms with Crippen molar-refractivity contribution in [1.29, 1.82) is 0 Å². The van der Waals surface area contributed by atoms with Gasteiger partial charge in [0.25, 0.3) is 0 Å². The van der Waals surface area contributed by atoms with E-state index >= 15 is 0 Å². The van der Waals surface area contributed by atoms with E-state index in [-0.39, 0.29) is 12.4 Å². The molecule has 1 amide bonds. The number of phenols is 1. The summed E-state index contributed by atoms with van der Waals surface area (Å²) in [6.45, 7) is 0.723. The Morgan fingerprint density at radius 1 is 1.22 bits per heavy atom. The van der Waals surface area contributed by atoms with Gasteiger partial charge in [-0.2, -0.15) is 0 Å². The third-order valence-corrected chi connectivity index (χ3v) is 3.23. The summed E-state index contributed by atoms with van der Waals surface area (Å²) in [5.41, 5.74) is 1.75. The maximum absolute atomic E-state index is 11.5. The van der Waals surface area contributed by atoms with Gasteiger partial charge in [-0.25, -0.2) is 4.79 Å². The Hall–Kier alpha value is -2.46. The molecule has 0 fully saturated rings. The van der Waals surface area contributed by atoms with E-state index < -0.39 is 6.09 Å². The van der Waals surface area contributed by atoms with E-state index in [0.29, 0.717) is 18.0 Å². The average Bonchev–Trinajstić information content (AvgIpc) is 2.53. The number of nitrogens with one attached hydrogen (secondary N) is 1. The molecule has 0 saturated carbocycles. The Balaban J connectivity index is 1.66. The fraction of sp³-hybridized carbons (Fsp3) is 0.167. The maximum Gasteiger partial charge on any atom is 0.407 e. The lowest BCUT2D eigenvalue weighted by Crippen LogP contribution is -2.24. The molecule has 5 heteroatoms. The summed E-state index contributed by atoms with van der Waals surface area (Å²) < 4.78 is 5.10. The maximum atomic E-state index is 11.5. The highest BCUT2D eigenvalue weighted by molar-refractivity contribution is 6.30. The number of hydrogen-bond donors (Lipinski definition) is 2. The van der Waals surface area contributed by atoms with Gasteiger partial charge in [0.1, 0.15) is 12.4 Å². The number of carbonyl (C=O) groups is 1. The van der Waals surface area contributed by atoms with Crippen molar-refractivity contribution >= 4 is 23.8 Å². The van der Waals surface area contributed by atoms with E-state index in [0.717, 1.165) is 11.1 Å². The first-order chi connectivity index (χ1) is 11.1. The van der Waals surface area contributed by atoms with Gasteiger partial charge in [0.2, 0.25) is 0 Å². The van der Waals surface area contributed by atoms with Gasteiger partial charge in [-0.1, -0.05) is 54.1 Å². The summed E-state index contributed by atoms with van der Waals surface area (Å²) in [7, 11) is 0. The van der Waals surface area contributed by atoms with Crippen LogP contribution in [-0.2, 0) is 11.3 Å². The van der Waals surface area contributed by atoms with Crippen LogP contribution in [0, 0.1) is 0 Å². The van der Waals surface area contributed by atoms with Crippen LogP contribution in [0.4, 0.5) is 4.79 Å². The van der Waals surface area contributed by atoms with Gasteiger partial charge in [-0.05, 0) is 35.7 Å². The number of amides is 1. The number of carbonyl (C=O) groups excluding carboxylic acids is 1. The van der Waals surface area contributed by atoms with Crippen molar-refractivity contribution in [3.05, 3.63) is 70.8 Å². The van der Waals surface area contributed by atoms with Crippen LogP contribution in [0.1, 0.15) is 17.5 Å². The zero-order valence-corrected chi connectivity index (χ0v) is 13.3. The third kappa shape index (κ3) is 6.45. The number of alkyl carbamates (subject to hydrolysis) is 1. The number of phenolic OH excluding ortho intramolecular Hbond substituents is 1. The van der Waals surface area contributed by atoms with E-state index in [9.17, 15) is 9.90 Å². The van der Waals surface area contributed by atoms with Crippen molar-refractivity contribution in [1.82, 2.24) is 5.32 Å². The molecule has 0 aliphatic rings. The summed E-state index contributed by atoms with van der Waals surface area (Å²) in [4.78, 5) is 11.5.